The van der Waals surface area contributed by atoms with Crippen molar-refractivity contribution in [2.45, 2.75) is 13.5 Å². The molecule has 0 bridgehead atoms. The number of hydrogen-bond acceptors (Lipinski definition) is 3. The topological polar surface area (TPSA) is 45.2 Å². The number of para-hydroxylation sites is 1. The minimum Gasteiger partial charge on any atom is -0.381 e. The summed E-state index contributed by atoms with van der Waals surface area (Å²) in [7, 11) is 1.76. The lowest BCUT2D eigenvalue weighted by Gasteiger charge is -2.17. The molecule has 126 valence electrons. The average Bonchev–Trinajstić information content (AvgIpc) is 2.66. The van der Waals surface area contributed by atoms with Crippen molar-refractivity contribution in [2.75, 3.05) is 17.3 Å². The fraction of sp³-hybridized carbons (Fsp3) is 0.143. The molecule has 1 heterocycles. The summed E-state index contributed by atoms with van der Waals surface area (Å²) < 4.78 is 0. The van der Waals surface area contributed by atoms with Crippen molar-refractivity contribution in [1.29, 1.82) is 0 Å². The molecule has 4 nitrogen and oxygen atoms in total. The molecule has 4 heteroatoms. The minimum absolute atomic E-state index is 0.134. The zero-order chi connectivity index (χ0) is 17.6. The van der Waals surface area contributed by atoms with Crippen LogP contribution in [0.2, 0.25) is 0 Å². The Labute approximate surface area is 148 Å². The molecule has 0 saturated carbocycles. The van der Waals surface area contributed by atoms with E-state index in [9.17, 15) is 4.79 Å². The van der Waals surface area contributed by atoms with E-state index in [4.69, 9.17) is 0 Å². The van der Waals surface area contributed by atoms with E-state index in [0.29, 0.717) is 12.2 Å². The number of pyridine rings is 1. The van der Waals surface area contributed by atoms with E-state index < -0.39 is 0 Å². The third-order valence-electron chi connectivity index (χ3n) is 4.01. The Hall–Kier alpha value is -3.14. The van der Waals surface area contributed by atoms with Crippen LogP contribution < -0.4 is 10.2 Å². The summed E-state index contributed by atoms with van der Waals surface area (Å²) in [6.45, 7) is 2.78. The molecule has 0 spiro atoms. The molecule has 0 aliphatic rings. The van der Waals surface area contributed by atoms with Crippen molar-refractivity contribution >= 4 is 17.3 Å². The first kappa shape index (κ1) is 16.7. The van der Waals surface area contributed by atoms with Gasteiger partial charge in [0.15, 0.2) is 0 Å². The highest BCUT2D eigenvalue weighted by Crippen LogP contribution is 2.16. The zero-order valence-corrected chi connectivity index (χ0v) is 14.4. The molecule has 25 heavy (non-hydrogen) atoms. The normalized spacial score (nSPS) is 10.3. The molecular weight excluding hydrogens is 310 g/mol. The SMILES string of the molecule is Cc1cccc(CNc2ccnc(C(=O)N(C)c3ccccc3)c2)c1. The van der Waals surface area contributed by atoms with Gasteiger partial charge in [0.2, 0.25) is 0 Å². The van der Waals surface area contributed by atoms with Crippen molar-refractivity contribution < 1.29 is 4.79 Å². The van der Waals surface area contributed by atoms with Crippen LogP contribution >= 0.6 is 0 Å². The number of hydrogen-bond donors (Lipinski definition) is 1. The second kappa shape index (κ2) is 7.62. The lowest BCUT2D eigenvalue weighted by atomic mass is 10.1. The molecule has 0 saturated heterocycles. The highest BCUT2D eigenvalue weighted by Gasteiger charge is 2.15. The first-order valence-electron chi connectivity index (χ1n) is 8.22. The molecule has 3 aromatic rings. The van der Waals surface area contributed by atoms with Crippen LogP contribution in [0.3, 0.4) is 0 Å². The smallest absolute Gasteiger partial charge is 0.276 e. The number of aromatic nitrogens is 1. The molecule has 3 rings (SSSR count). The second-order valence-corrected chi connectivity index (χ2v) is 5.97. The first-order chi connectivity index (χ1) is 12.1. The zero-order valence-electron chi connectivity index (χ0n) is 14.4. The van der Waals surface area contributed by atoms with Crippen LogP contribution in [0.4, 0.5) is 11.4 Å². The molecule has 2 aromatic carbocycles. The number of carbonyl (C=O) groups is 1. The van der Waals surface area contributed by atoms with Crippen LogP contribution in [-0.4, -0.2) is 17.9 Å². The highest BCUT2D eigenvalue weighted by molar-refractivity contribution is 6.04. The van der Waals surface area contributed by atoms with E-state index >= 15 is 0 Å². The Bertz CT molecular complexity index is 862. The summed E-state index contributed by atoms with van der Waals surface area (Å²) in [5, 5.41) is 3.35. The summed E-state index contributed by atoms with van der Waals surface area (Å²) in [4.78, 5) is 18.5. The van der Waals surface area contributed by atoms with E-state index in [1.807, 2.05) is 42.5 Å². The Balaban J connectivity index is 1.71. The fourth-order valence-electron chi connectivity index (χ4n) is 2.62. The predicted molar refractivity (Wildman–Crippen MR) is 102 cm³/mol. The molecule has 0 aliphatic heterocycles. The van der Waals surface area contributed by atoms with Gasteiger partial charge in [-0.05, 0) is 36.8 Å². The Morgan fingerprint density at radius 1 is 1.04 bits per heavy atom. The number of nitrogens with one attached hydrogen (secondary N) is 1. The Kier molecular flexibility index (Phi) is 5.09. The van der Waals surface area contributed by atoms with Crippen LogP contribution in [0.15, 0.2) is 72.9 Å². The van der Waals surface area contributed by atoms with Gasteiger partial charge in [0.25, 0.3) is 5.91 Å². The van der Waals surface area contributed by atoms with Gasteiger partial charge in [-0.1, -0.05) is 48.0 Å². The summed E-state index contributed by atoms with van der Waals surface area (Å²) in [6, 6.07) is 21.5. The van der Waals surface area contributed by atoms with Crippen LogP contribution in [-0.2, 0) is 6.54 Å². The Morgan fingerprint density at radius 3 is 2.60 bits per heavy atom. The van der Waals surface area contributed by atoms with E-state index in [-0.39, 0.29) is 5.91 Å². The van der Waals surface area contributed by atoms with E-state index in [2.05, 4.69) is 35.4 Å². The molecule has 1 N–H and O–H groups in total. The standard InChI is InChI=1S/C21H21N3O/c1-16-7-6-8-17(13-16)15-23-18-11-12-22-20(14-18)21(25)24(2)19-9-4-3-5-10-19/h3-14H,15H2,1-2H3,(H,22,23). The number of nitrogens with zero attached hydrogens (tertiary/aromatic N) is 2. The fourth-order valence-corrected chi connectivity index (χ4v) is 2.62. The van der Waals surface area contributed by atoms with Crippen molar-refractivity contribution in [3.05, 3.63) is 89.7 Å². The number of aryl methyl sites for hydroxylation is 1. The van der Waals surface area contributed by atoms with E-state index in [1.165, 1.54) is 11.1 Å². The van der Waals surface area contributed by atoms with Gasteiger partial charge in [-0.3, -0.25) is 9.78 Å². The summed E-state index contributed by atoms with van der Waals surface area (Å²) >= 11 is 0. The van der Waals surface area contributed by atoms with Gasteiger partial charge in [0.05, 0.1) is 0 Å². The number of anilines is 2. The second-order valence-electron chi connectivity index (χ2n) is 5.97. The van der Waals surface area contributed by atoms with Crippen molar-refractivity contribution in [2.24, 2.45) is 0 Å². The number of amides is 1. The molecule has 0 radical (unpaired) electrons. The van der Waals surface area contributed by atoms with Gasteiger partial charge in [0.1, 0.15) is 5.69 Å². The maximum atomic E-state index is 12.7. The lowest BCUT2D eigenvalue weighted by Crippen LogP contribution is -2.27. The summed E-state index contributed by atoms with van der Waals surface area (Å²) in [6.07, 6.45) is 1.66. The largest absolute Gasteiger partial charge is 0.381 e. The minimum atomic E-state index is -0.134. The van der Waals surface area contributed by atoms with Crippen molar-refractivity contribution in [3.8, 4) is 0 Å². The quantitative estimate of drug-likeness (QED) is 0.759. The summed E-state index contributed by atoms with van der Waals surface area (Å²) in [5.74, 6) is -0.134. The van der Waals surface area contributed by atoms with E-state index in [0.717, 1.165) is 11.4 Å². The van der Waals surface area contributed by atoms with Crippen molar-refractivity contribution in [1.82, 2.24) is 4.98 Å². The third-order valence-corrected chi connectivity index (χ3v) is 4.01. The average molecular weight is 331 g/mol. The molecule has 0 unspecified atom stereocenters. The van der Waals surface area contributed by atoms with Gasteiger partial charge >= 0.3 is 0 Å². The maximum absolute atomic E-state index is 12.7. The first-order valence-corrected chi connectivity index (χ1v) is 8.22. The van der Waals surface area contributed by atoms with Crippen LogP contribution in [0.5, 0.6) is 0 Å². The number of carbonyl (C=O) groups excluding carboxylic acids is 1. The molecule has 1 amide bonds. The van der Waals surface area contributed by atoms with Crippen LogP contribution in [0, 0.1) is 6.92 Å². The summed E-state index contributed by atoms with van der Waals surface area (Å²) in [5.41, 5.74) is 4.56. The van der Waals surface area contributed by atoms with Crippen molar-refractivity contribution in [3.63, 3.8) is 0 Å². The monoisotopic (exact) mass is 331 g/mol. The Morgan fingerprint density at radius 2 is 1.84 bits per heavy atom. The van der Waals surface area contributed by atoms with Gasteiger partial charge < -0.3 is 10.2 Å². The molecule has 1 aromatic heterocycles. The number of benzene rings is 2. The third kappa shape index (κ3) is 4.23. The van der Waals surface area contributed by atoms with Gasteiger partial charge in [-0.15, -0.1) is 0 Å². The van der Waals surface area contributed by atoms with E-state index in [1.54, 1.807) is 24.2 Å². The highest BCUT2D eigenvalue weighted by atomic mass is 16.2. The van der Waals surface area contributed by atoms with Crippen LogP contribution in [0.1, 0.15) is 21.6 Å². The molecular formula is C21H21N3O. The molecule has 0 fully saturated rings. The predicted octanol–water partition coefficient (Wildman–Crippen LogP) is 4.28. The molecule has 0 atom stereocenters. The van der Waals surface area contributed by atoms with Gasteiger partial charge in [-0.2, -0.15) is 0 Å². The van der Waals surface area contributed by atoms with Gasteiger partial charge in [0, 0.05) is 31.2 Å². The maximum Gasteiger partial charge on any atom is 0.276 e. The lowest BCUT2D eigenvalue weighted by molar-refractivity contribution is 0.0988. The van der Waals surface area contributed by atoms with Crippen LogP contribution in [0.25, 0.3) is 0 Å². The van der Waals surface area contributed by atoms with Gasteiger partial charge in [-0.25, -0.2) is 0 Å². The number of rotatable bonds is 5. The molecule has 0 aliphatic carbocycles.